The van der Waals surface area contributed by atoms with Crippen molar-refractivity contribution in [3.05, 3.63) is 71.1 Å². The summed E-state index contributed by atoms with van der Waals surface area (Å²) in [5.74, 6) is -0.400. The third-order valence-electron chi connectivity index (χ3n) is 5.36. The second-order valence-corrected chi connectivity index (χ2v) is 11.4. The van der Waals surface area contributed by atoms with E-state index in [-0.39, 0.29) is 22.9 Å². The number of hydrogen-bond acceptors (Lipinski definition) is 4. The van der Waals surface area contributed by atoms with Crippen LogP contribution in [0.2, 0.25) is 0 Å². The summed E-state index contributed by atoms with van der Waals surface area (Å²) < 4.78 is 53.0. The fourth-order valence-electron chi connectivity index (χ4n) is 3.56. The number of nitrogens with zero attached hydrogens (tertiary/aromatic N) is 2. The minimum absolute atomic E-state index is 0.138. The lowest BCUT2D eigenvalue weighted by Crippen LogP contribution is -2.42. The Hall–Kier alpha value is -2.21. The van der Waals surface area contributed by atoms with E-state index in [1.54, 1.807) is 36.4 Å². The minimum Gasteiger partial charge on any atom is -0.296 e. The van der Waals surface area contributed by atoms with Gasteiger partial charge in [0.2, 0.25) is 10.0 Å². The van der Waals surface area contributed by atoms with Crippen LogP contribution in [0.1, 0.15) is 24.0 Å². The first-order valence-electron chi connectivity index (χ1n) is 9.40. The van der Waals surface area contributed by atoms with Crippen LogP contribution in [-0.2, 0) is 19.9 Å². The maximum atomic E-state index is 13.0. The lowest BCUT2D eigenvalue weighted by atomic mass is 9.98. The van der Waals surface area contributed by atoms with Gasteiger partial charge in [-0.25, -0.2) is 23.4 Å². The van der Waals surface area contributed by atoms with Crippen molar-refractivity contribution in [3.63, 3.8) is 0 Å². The van der Waals surface area contributed by atoms with Crippen molar-refractivity contribution in [3.8, 4) is 0 Å². The molecule has 0 N–H and O–H groups in total. The number of hydrogen-bond donors (Lipinski definition) is 0. The van der Waals surface area contributed by atoms with Gasteiger partial charge >= 0.3 is 5.37 Å². The Morgan fingerprint density at radius 2 is 1.31 bits per heavy atom. The van der Waals surface area contributed by atoms with Gasteiger partial charge in [-0.3, -0.25) is 4.85 Å². The van der Waals surface area contributed by atoms with Crippen molar-refractivity contribution >= 4 is 19.9 Å². The molecule has 0 bridgehead atoms. The van der Waals surface area contributed by atoms with E-state index in [2.05, 4.69) is 4.85 Å². The molecule has 0 radical (unpaired) electrons. The van der Waals surface area contributed by atoms with Crippen molar-refractivity contribution in [1.29, 1.82) is 0 Å². The number of sulfonamides is 1. The summed E-state index contributed by atoms with van der Waals surface area (Å²) in [6, 6.07) is 13.2. The maximum absolute atomic E-state index is 13.0. The Bertz CT molecular complexity index is 1110. The van der Waals surface area contributed by atoms with Gasteiger partial charge in [-0.05, 0) is 51.0 Å². The van der Waals surface area contributed by atoms with E-state index in [0.29, 0.717) is 12.8 Å². The molecule has 1 unspecified atom stereocenters. The number of sulfone groups is 1. The smallest absolute Gasteiger partial charge is 0.296 e. The second-order valence-electron chi connectivity index (χ2n) is 7.43. The first-order chi connectivity index (χ1) is 13.7. The molecule has 1 heterocycles. The zero-order valence-electron chi connectivity index (χ0n) is 16.4. The Morgan fingerprint density at radius 1 is 0.862 bits per heavy atom. The second kappa shape index (κ2) is 8.27. The average Bonchev–Trinajstić information content (AvgIpc) is 2.69. The van der Waals surface area contributed by atoms with E-state index in [0.717, 1.165) is 11.1 Å². The van der Waals surface area contributed by atoms with E-state index in [9.17, 15) is 16.8 Å². The summed E-state index contributed by atoms with van der Waals surface area (Å²) >= 11 is 0. The third kappa shape index (κ3) is 4.37. The Kier molecular flexibility index (Phi) is 6.13. The first kappa shape index (κ1) is 21.5. The van der Waals surface area contributed by atoms with Crippen molar-refractivity contribution in [1.82, 2.24) is 4.31 Å². The molecule has 0 amide bonds. The average molecular weight is 433 g/mol. The molecule has 3 rings (SSSR count). The number of piperidine rings is 1. The van der Waals surface area contributed by atoms with Crippen LogP contribution in [0.4, 0.5) is 0 Å². The fraction of sp³-hybridized carbons (Fsp3) is 0.381. The molecule has 0 saturated carbocycles. The highest BCUT2D eigenvalue weighted by molar-refractivity contribution is 7.92. The van der Waals surface area contributed by atoms with Crippen LogP contribution in [-0.4, -0.2) is 39.6 Å². The van der Waals surface area contributed by atoms with E-state index in [1.807, 2.05) is 13.8 Å². The molecule has 1 aliphatic heterocycles. The van der Waals surface area contributed by atoms with Gasteiger partial charge < -0.3 is 0 Å². The van der Waals surface area contributed by atoms with Gasteiger partial charge in [-0.2, -0.15) is 4.31 Å². The number of aryl methyl sites for hydroxylation is 2. The van der Waals surface area contributed by atoms with Crippen LogP contribution in [0.5, 0.6) is 0 Å². The highest BCUT2D eigenvalue weighted by Gasteiger charge is 2.43. The summed E-state index contributed by atoms with van der Waals surface area (Å²) in [5, 5.41) is -1.20. The highest BCUT2D eigenvalue weighted by atomic mass is 32.2. The molecule has 0 aromatic heterocycles. The Balaban J connectivity index is 1.76. The van der Waals surface area contributed by atoms with Crippen molar-refractivity contribution in [2.75, 3.05) is 13.1 Å². The SMILES string of the molecule is [C-]#[N+]C(C1CCN(S(=O)(=O)c2ccc(C)cc2)CC1)S(=O)(=O)c1ccc(C)cc1. The molecule has 8 heteroatoms. The van der Waals surface area contributed by atoms with Gasteiger partial charge in [-0.1, -0.05) is 35.4 Å². The van der Waals surface area contributed by atoms with E-state index in [4.69, 9.17) is 6.57 Å². The lowest BCUT2D eigenvalue weighted by Gasteiger charge is -2.31. The Labute approximate surface area is 173 Å². The number of benzene rings is 2. The highest BCUT2D eigenvalue weighted by Crippen LogP contribution is 2.32. The molecule has 2 aromatic rings. The van der Waals surface area contributed by atoms with E-state index >= 15 is 0 Å². The summed E-state index contributed by atoms with van der Waals surface area (Å²) in [6.45, 7) is 11.7. The molecule has 1 saturated heterocycles. The molecule has 0 aliphatic carbocycles. The predicted molar refractivity (Wildman–Crippen MR) is 111 cm³/mol. The zero-order valence-corrected chi connectivity index (χ0v) is 18.1. The van der Waals surface area contributed by atoms with Crippen LogP contribution >= 0.6 is 0 Å². The van der Waals surface area contributed by atoms with Crippen molar-refractivity contribution < 1.29 is 16.8 Å². The van der Waals surface area contributed by atoms with E-state index < -0.39 is 31.2 Å². The van der Waals surface area contributed by atoms with Crippen molar-refractivity contribution in [2.24, 2.45) is 5.92 Å². The monoisotopic (exact) mass is 432 g/mol. The molecule has 0 spiro atoms. The normalized spacial score (nSPS) is 17.6. The van der Waals surface area contributed by atoms with Gasteiger partial charge in [0.15, 0.2) is 0 Å². The van der Waals surface area contributed by atoms with Gasteiger partial charge in [0.05, 0.1) is 15.7 Å². The van der Waals surface area contributed by atoms with Gasteiger partial charge in [0, 0.05) is 13.1 Å². The summed E-state index contributed by atoms with van der Waals surface area (Å²) in [5.41, 5.74) is 1.92. The molecular weight excluding hydrogens is 408 g/mol. The molecule has 154 valence electrons. The maximum Gasteiger partial charge on any atom is 0.327 e. The largest absolute Gasteiger partial charge is 0.327 e. The van der Waals surface area contributed by atoms with Crippen LogP contribution in [0.15, 0.2) is 58.3 Å². The fourth-order valence-corrected chi connectivity index (χ4v) is 6.74. The first-order valence-corrected chi connectivity index (χ1v) is 12.4. The lowest BCUT2D eigenvalue weighted by molar-refractivity contribution is 0.275. The molecule has 1 fully saturated rings. The molecule has 6 nitrogen and oxygen atoms in total. The molecule has 2 aromatic carbocycles. The van der Waals surface area contributed by atoms with Crippen molar-refractivity contribution in [2.45, 2.75) is 41.9 Å². The molecule has 29 heavy (non-hydrogen) atoms. The summed E-state index contributed by atoms with van der Waals surface area (Å²) in [6.07, 6.45) is 0.673. The van der Waals surface area contributed by atoms with Gasteiger partial charge in [0.25, 0.3) is 9.84 Å². The molecule has 1 atom stereocenters. The van der Waals surface area contributed by atoms with Gasteiger partial charge in [0.1, 0.15) is 0 Å². The summed E-state index contributed by atoms with van der Waals surface area (Å²) in [7, 11) is -7.42. The van der Waals surface area contributed by atoms with Gasteiger partial charge in [-0.15, -0.1) is 0 Å². The summed E-state index contributed by atoms with van der Waals surface area (Å²) in [4.78, 5) is 3.80. The minimum atomic E-state index is -3.80. The molecule has 1 aliphatic rings. The quantitative estimate of drug-likeness (QED) is 0.679. The van der Waals surface area contributed by atoms with Crippen LogP contribution in [0, 0.1) is 26.3 Å². The van der Waals surface area contributed by atoms with Crippen LogP contribution < -0.4 is 0 Å². The van der Waals surface area contributed by atoms with Crippen LogP contribution in [0.3, 0.4) is 0 Å². The molecular formula is C21H24N2O4S2. The Morgan fingerprint density at radius 3 is 1.76 bits per heavy atom. The third-order valence-corrected chi connectivity index (χ3v) is 9.32. The number of rotatable bonds is 5. The zero-order chi connectivity index (χ0) is 21.2. The predicted octanol–water partition coefficient (Wildman–Crippen LogP) is 3.42. The topological polar surface area (TPSA) is 75.9 Å². The van der Waals surface area contributed by atoms with E-state index in [1.165, 1.54) is 16.4 Å². The standard InChI is InChI=1S/C21H24N2O4S2/c1-16-4-8-19(9-5-16)28(24,25)21(22-3)18-12-14-23(15-13-18)29(26,27)20-10-6-17(2)7-11-20/h4-11,18,21H,12-15H2,1-2H3. The van der Waals surface area contributed by atoms with Crippen LogP contribution in [0.25, 0.3) is 4.85 Å².